The average Bonchev–Trinajstić information content (AvgIpc) is 3.24. The molecule has 24 heavy (non-hydrogen) atoms. The van der Waals surface area contributed by atoms with Gasteiger partial charge in [0.2, 0.25) is 0 Å². The van der Waals surface area contributed by atoms with Crippen LogP contribution in [0.4, 0.5) is 5.82 Å². The van der Waals surface area contributed by atoms with Gasteiger partial charge in [-0.25, -0.2) is 15.0 Å². The number of aromatic nitrogens is 6. The number of nitrogens with zero attached hydrogens (tertiary/aromatic N) is 6. The van der Waals surface area contributed by atoms with Crippen LogP contribution in [-0.4, -0.2) is 54.3 Å². The highest BCUT2D eigenvalue weighted by atomic mass is 16.5. The van der Waals surface area contributed by atoms with Gasteiger partial charge in [-0.15, -0.1) is 0 Å². The van der Waals surface area contributed by atoms with Gasteiger partial charge < -0.3 is 15.5 Å². The molecular weight excluding hydrogens is 308 g/mol. The van der Waals surface area contributed by atoms with Crippen molar-refractivity contribution in [2.45, 2.75) is 26.1 Å². The third kappa shape index (κ3) is 2.83. The summed E-state index contributed by atoms with van der Waals surface area (Å²) < 4.78 is 7.79. The second kappa shape index (κ2) is 6.17. The fourth-order valence-corrected chi connectivity index (χ4v) is 2.94. The molecule has 1 fully saturated rings. The van der Waals surface area contributed by atoms with Gasteiger partial charge in [-0.05, 0) is 6.92 Å². The Labute approximate surface area is 138 Å². The van der Waals surface area contributed by atoms with Crippen molar-refractivity contribution in [3.8, 4) is 0 Å². The van der Waals surface area contributed by atoms with Crippen LogP contribution in [0.15, 0.2) is 18.7 Å². The van der Waals surface area contributed by atoms with Crippen molar-refractivity contribution >= 4 is 17.0 Å². The van der Waals surface area contributed by atoms with E-state index >= 15 is 0 Å². The summed E-state index contributed by atoms with van der Waals surface area (Å²) in [6.07, 6.45) is 5.36. The zero-order valence-corrected chi connectivity index (χ0v) is 13.5. The Morgan fingerprint density at radius 1 is 1.42 bits per heavy atom. The molecule has 1 atom stereocenters. The first-order valence-corrected chi connectivity index (χ1v) is 8.04. The maximum atomic E-state index is 5.98. The molecule has 4 rings (SSSR count). The number of hydrogen-bond donors (Lipinski definition) is 2. The number of nitrogens with one attached hydrogen (secondary N) is 1. The quantitative estimate of drug-likeness (QED) is 0.726. The Kier molecular flexibility index (Phi) is 3.87. The number of aromatic amines is 1. The second-order valence-electron chi connectivity index (χ2n) is 5.87. The fraction of sp³-hybridized carbons (Fsp3) is 0.467. The minimum atomic E-state index is -0.205. The molecule has 3 aromatic heterocycles. The van der Waals surface area contributed by atoms with Crippen LogP contribution < -0.4 is 5.73 Å². The number of aryl methyl sites for hydroxylation is 1. The van der Waals surface area contributed by atoms with Crippen LogP contribution in [0.3, 0.4) is 0 Å². The van der Waals surface area contributed by atoms with Crippen LogP contribution in [0.25, 0.3) is 11.2 Å². The molecule has 1 aliphatic heterocycles. The van der Waals surface area contributed by atoms with E-state index < -0.39 is 0 Å². The molecule has 3 N–H and O–H groups in total. The van der Waals surface area contributed by atoms with Gasteiger partial charge in [0.25, 0.3) is 0 Å². The zero-order chi connectivity index (χ0) is 16.5. The molecule has 1 saturated heterocycles. The number of rotatable bonds is 4. The van der Waals surface area contributed by atoms with Crippen molar-refractivity contribution in [2.24, 2.45) is 0 Å². The topological polar surface area (TPSA) is 111 Å². The molecule has 0 radical (unpaired) electrons. The van der Waals surface area contributed by atoms with Crippen molar-refractivity contribution < 1.29 is 4.74 Å². The van der Waals surface area contributed by atoms with Gasteiger partial charge in [0.15, 0.2) is 17.3 Å². The Morgan fingerprint density at radius 3 is 3.17 bits per heavy atom. The van der Waals surface area contributed by atoms with E-state index in [0.29, 0.717) is 36.0 Å². The maximum absolute atomic E-state index is 5.98. The van der Waals surface area contributed by atoms with Crippen molar-refractivity contribution in [3.63, 3.8) is 0 Å². The number of fused-ring (bicyclic) bond motifs is 1. The number of hydrogen-bond acceptors (Lipinski definition) is 7. The van der Waals surface area contributed by atoms with E-state index in [-0.39, 0.29) is 6.10 Å². The first-order chi connectivity index (χ1) is 11.7. The lowest BCUT2D eigenvalue weighted by Crippen LogP contribution is -2.38. The summed E-state index contributed by atoms with van der Waals surface area (Å²) in [5.74, 6) is 0.985. The first kappa shape index (κ1) is 15.0. The fourth-order valence-electron chi connectivity index (χ4n) is 2.94. The van der Waals surface area contributed by atoms with Gasteiger partial charge in [-0.1, -0.05) is 0 Å². The van der Waals surface area contributed by atoms with E-state index in [9.17, 15) is 0 Å². The van der Waals surface area contributed by atoms with E-state index in [1.54, 1.807) is 6.33 Å². The number of H-pyrrole nitrogens is 1. The predicted molar refractivity (Wildman–Crippen MR) is 88.0 cm³/mol. The summed E-state index contributed by atoms with van der Waals surface area (Å²) in [5, 5.41) is 4.32. The average molecular weight is 328 g/mol. The highest BCUT2D eigenvalue weighted by molar-refractivity contribution is 5.80. The molecule has 0 bridgehead atoms. The van der Waals surface area contributed by atoms with E-state index in [2.05, 4.69) is 43.1 Å². The third-order valence-electron chi connectivity index (χ3n) is 4.19. The Balaban J connectivity index is 1.51. The molecular formula is C15H20N8O. The van der Waals surface area contributed by atoms with Crippen LogP contribution in [0.2, 0.25) is 0 Å². The maximum Gasteiger partial charge on any atom is 0.183 e. The molecule has 126 valence electrons. The van der Waals surface area contributed by atoms with E-state index in [1.165, 1.54) is 5.56 Å². The summed E-state index contributed by atoms with van der Waals surface area (Å²) in [5.41, 5.74) is 8.41. The summed E-state index contributed by atoms with van der Waals surface area (Å²) in [6.45, 7) is 6.01. The van der Waals surface area contributed by atoms with Crippen molar-refractivity contribution in [1.29, 1.82) is 0 Å². The second-order valence-corrected chi connectivity index (χ2v) is 5.87. The number of anilines is 1. The summed E-state index contributed by atoms with van der Waals surface area (Å²) in [7, 11) is 0. The van der Waals surface area contributed by atoms with Gasteiger partial charge in [0.05, 0.1) is 19.1 Å². The van der Waals surface area contributed by atoms with Crippen LogP contribution in [0.1, 0.15) is 24.4 Å². The van der Waals surface area contributed by atoms with Crippen LogP contribution in [0.5, 0.6) is 0 Å². The SMILES string of the molecule is CCn1cc(CN2CCOC(c3nc(N)c4[nH]cnc4n3)C2)cn1. The van der Waals surface area contributed by atoms with Gasteiger partial charge in [-0.3, -0.25) is 9.58 Å². The molecule has 3 aromatic rings. The predicted octanol–water partition coefficient (Wildman–Crippen LogP) is 0.725. The molecule has 9 heteroatoms. The number of nitrogen functional groups attached to an aromatic ring is 1. The molecule has 0 aromatic carbocycles. The molecule has 0 amide bonds. The minimum absolute atomic E-state index is 0.205. The lowest BCUT2D eigenvalue weighted by Gasteiger charge is -2.31. The highest BCUT2D eigenvalue weighted by Crippen LogP contribution is 2.23. The first-order valence-electron chi connectivity index (χ1n) is 8.04. The Morgan fingerprint density at radius 2 is 2.33 bits per heavy atom. The van der Waals surface area contributed by atoms with E-state index in [0.717, 1.165) is 19.6 Å². The van der Waals surface area contributed by atoms with Gasteiger partial charge in [0.1, 0.15) is 11.6 Å². The summed E-state index contributed by atoms with van der Waals surface area (Å²) >= 11 is 0. The van der Waals surface area contributed by atoms with Gasteiger partial charge >= 0.3 is 0 Å². The molecule has 0 spiro atoms. The molecule has 9 nitrogen and oxygen atoms in total. The Bertz CT molecular complexity index is 841. The van der Waals surface area contributed by atoms with Crippen LogP contribution in [-0.2, 0) is 17.8 Å². The molecule has 1 aliphatic rings. The lowest BCUT2D eigenvalue weighted by atomic mass is 10.2. The molecule has 0 saturated carbocycles. The summed E-state index contributed by atoms with van der Waals surface area (Å²) in [4.78, 5) is 18.3. The van der Waals surface area contributed by atoms with Crippen LogP contribution >= 0.6 is 0 Å². The van der Waals surface area contributed by atoms with E-state index in [4.69, 9.17) is 10.5 Å². The lowest BCUT2D eigenvalue weighted by molar-refractivity contribution is -0.0370. The minimum Gasteiger partial charge on any atom is -0.382 e. The number of ether oxygens (including phenoxy) is 1. The summed E-state index contributed by atoms with van der Waals surface area (Å²) in [6, 6.07) is 0. The standard InChI is InChI=1S/C15H20N8O/c1-2-23-7-10(5-19-23)6-22-3-4-24-11(8-22)14-20-13(16)12-15(21-14)18-9-17-12/h5,7,9,11H,2-4,6,8H2,1H3,(H3,16,17,18,20,21). The third-order valence-corrected chi connectivity index (χ3v) is 4.19. The normalized spacial score (nSPS) is 19.1. The van der Waals surface area contributed by atoms with Crippen LogP contribution in [0, 0.1) is 0 Å². The van der Waals surface area contributed by atoms with E-state index in [1.807, 2.05) is 10.9 Å². The monoisotopic (exact) mass is 328 g/mol. The number of nitrogens with two attached hydrogens (primary N) is 1. The Hall–Kier alpha value is -2.52. The van der Waals surface area contributed by atoms with Crippen molar-refractivity contribution in [3.05, 3.63) is 30.1 Å². The molecule has 1 unspecified atom stereocenters. The van der Waals surface area contributed by atoms with Gasteiger partial charge in [0, 0.05) is 37.9 Å². The van der Waals surface area contributed by atoms with Gasteiger partial charge in [-0.2, -0.15) is 5.10 Å². The zero-order valence-electron chi connectivity index (χ0n) is 13.5. The van der Waals surface area contributed by atoms with Crippen molar-refractivity contribution in [1.82, 2.24) is 34.6 Å². The largest absolute Gasteiger partial charge is 0.382 e. The number of morpholine rings is 1. The molecule has 0 aliphatic carbocycles. The molecule has 4 heterocycles. The smallest absolute Gasteiger partial charge is 0.183 e. The highest BCUT2D eigenvalue weighted by Gasteiger charge is 2.25. The number of imidazole rings is 1. The van der Waals surface area contributed by atoms with Crippen molar-refractivity contribution in [2.75, 3.05) is 25.4 Å².